The molecule has 4 N–H and O–H groups in total. The maximum Gasteiger partial charge on any atom is 0.222 e. The predicted octanol–water partition coefficient (Wildman–Crippen LogP) is 16.8. The molecule has 0 radical (unpaired) electrons. The molecule has 0 fully saturated rings. The first-order valence-corrected chi connectivity index (χ1v) is 27.4. The molecule has 1 amide bonds. The van der Waals surface area contributed by atoms with E-state index in [2.05, 4.69) is 55.6 Å². The summed E-state index contributed by atoms with van der Waals surface area (Å²) in [6.45, 7) is 4.09. The van der Waals surface area contributed by atoms with Gasteiger partial charge in [-0.3, -0.25) is 4.79 Å². The predicted molar refractivity (Wildman–Crippen MR) is 273 cm³/mol. The van der Waals surface area contributed by atoms with Crippen LogP contribution in [-0.2, 0) is 4.79 Å². The summed E-state index contributed by atoms with van der Waals surface area (Å²) >= 11 is 0. The van der Waals surface area contributed by atoms with Gasteiger partial charge in [-0.1, -0.05) is 262 Å². The highest BCUT2D eigenvalue weighted by molar-refractivity contribution is 5.76. The quantitative estimate of drug-likeness (QED) is 0.0362. The van der Waals surface area contributed by atoms with E-state index in [1.165, 1.54) is 212 Å². The van der Waals surface area contributed by atoms with Crippen LogP contribution < -0.4 is 5.32 Å². The standard InChI is InChI=1S/C57H107NO4/c1-3-5-7-9-11-13-15-16-17-18-19-20-21-22-23-24-25-26-27-28-29-30-31-32-33-34-35-36-37-38-39-40-41-42-44-46-48-50-54(60)52-57(62)58-55(53-59)56(61)51-49-47-45-43-14-12-10-8-6-4-2/h6,8,14,28-29,43,49,51,54-56,59-61H,3-5,7,9-13,15-27,30-42,44-48,50,52-53H2,1-2H3,(H,58,62)/b8-6+,29-28-,43-14+,51-49+. The number of rotatable bonds is 50. The Bertz CT molecular complexity index is 1000. The molecule has 0 heterocycles. The lowest BCUT2D eigenvalue weighted by Crippen LogP contribution is -2.45. The second kappa shape index (κ2) is 51.9. The number of carbonyl (C=O) groups is 1. The molecule has 364 valence electrons. The van der Waals surface area contributed by atoms with Crippen LogP contribution in [0.25, 0.3) is 0 Å². The Morgan fingerprint density at radius 2 is 0.742 bits per heavy atom. The van der Waals surface area contributed by atoms with Crippen LogP contribution >= 0.6 is 0 Å². The van der Waals surface area contributed by atoms with Crippen LogP contribution in [0.2, 0.25) is 0 Å². The van der Waals surface area contributed by atoms with Crippen LogP contribution in [0.3, 0.4) is 0 Å². The number of hydrogen-bond donors (Lipinski definition) is 4. The number of hydrogen-bond acceptors (Lipinski definition) is 4. The Balaban J connectivity index is 3.44. The van der Waals surface area contributed by atoms with Crippen molar-refractivity contribution in [3.63, 3.8) is 0 Å². The minimum Gasteiger partial charge on any atom is -0.394 e. The van der Waals surface area contributed by atoms with Crippen molar-refractivity contribution in [2.75, 3.05) is 6.61 Å². The minimum absolute atomic E-state index is 0.00245. The van der Waals surface area contributed by atoms with Gasteiger partial charge < -0.3 is 20.6 Å². The number of amides is 1. The van der Waals surface area contributed by atoms with E-state index in [1.54, 1.807) is 6.08 Å². The van der Waals surface area contributed by atoms with Crippen LogP contribution in [0.5, 0.6) is 0 Å². The molecule has 0 spiro atoms. The van der Waals surface area contributed by atoms with Gasteiger partial charge in [0.15, 0.2) is 0 Å². The van der Waals surface area contributed by atoms with E-state index in [0.29, 0.717) is 6.42 Å². The van der Waals surface area contributed by atoms with E-state index >= 15 is 0 Å². The zero-order chi connectivity index (χ0) is 45.1. The Morgan fingerprint density at radius 3 is 1.11 bits per heavy atom. The van der Waals surface area contributed by atoms with Crippen LogP contribution in [0, 0.1) is 0 Å². The molecule has 0 aliphatic carbocycles. The third-order valence-corrected chi connectivity index (χ3v) is 12.6. The number of nitrogens with one attached hydrogen (secondary N) is 1. The zero-order valence-corrected chi connectivity index (χ0v) is 41.5. The summed E-state index contributed by atoms with van der Waals surface area (Å²) in [4.78, 5) is 12.4. The fourth-order valence-electron chi connectivity index (χ4n) is 8.44. The number of aliphatic hydroxyl groups excluding tert-OH is 3. The van der Waals surface area contributed by atoms with Crippen molar-refractivity contribution in [1.82, 2.24) is 5.32 Å². The van der Waals surface area contributed by atoms with Crippen LogP contribution in [0.15, 0.2) is 48.6 Å². The van der Waals surface area contributed by atoms with Gasteiger partial charge >= 0.3 is 0 Å². The van der Waals surface area contributed by atoms with E-state index in [0.717, 1.165) is 44.9 Å². The number of unbranched alkanes of at least 4 members (excludes halogenated alkanes) is 35. The van der Waals surface area contributed by atoms with E-state index in [-0.39, 0.29) is 18.9 Å². The second-order valence-electron chi connectivity index (χ2n) is 18.8. The number of aliphatic hydroxyl groups is 3. The molecular formula is C57H107NO4. The van der Waals surface area contributed by atoms with E-state index < -0.39 is 18.2 Å². The second-order valence-corrected chi connectivity index (χ2v) is 18.8. The van der Waals surface area contributed by atoms with Gasteiger partial charge in [0.25, 0.3) is 0 Å². The van der Waals surface area contributed by atoms with Gasteiger partial charge in [0.1, 0.15) is 0 Å². The Hall–Kier alpha value is -1.69. The van der Waals surface area contributed by atoms with E-state index in [9.17, 15) is 20.1 Å². The molecule has 0 aromatic heterocycles. The zero-order valence-electron chi connectivity index (χ0n) is 41.5. The van der Waals surface area contributed by atoms with E-state index in [4.69, 9.17) is 0 Å². The summed E-state index contributed by atoms with van der Waals surface area (Å²) < 4.78 is 0. The molecule has 5 heteroatoms. The summed E-state index contributed by atoms with van der Waals surface area (Å²) in [5.41, 5.74) is 0. The fraction of sp³-hybridized carbons (Fsp3) is 0.842. The molecule has 62 heavy (non-hydrogen) atoms. The molecule has 0 rings (SSSR count). The van der Waals surface area contributed by atoms with Gasteiger partial charge in [-0.25, -0.2) is 0 Å². The van der Waals surface area contributed by atoms with Gasteiger partial charge in [0, 0.05) is 0 Å². The van der Waals surface area contributed by atoms with Crippen molar-refractivity contribution in [2.24, 2.45) is 0 Å². The molecular weight excluding hydrogens is 763 g/mol. The van der Waals surface area contributed by atoms with Gasteiger partial charge in [-0.2, -0.15) is 0 Å². The Kier molecular flexibility index (Phi) is 50.5. The average molecular weight is 870 g/mol. The van der Waals surface area contributed by atoms with Crippen molar-refractivity contribution in [1.29, 1.82) is 0 Å². The highest BCUT2D eigenvalue weighted by atomic mass is 16.3. The normalized spacial score (nSPS) is 13.7. The van der Waals surface area contributed by atoms with Crippen LogP contribution in [0.1, 0.15) is 284 Å². The van der Waals surface area contributed by atoms with Crippen molar-refractivity contribution >= 4 is 5.91 Å². The molecule has 0 saturated heterocycles. The van der Waals surface area contributed by atoms with Crippen molar-refractivity contribution in [3.05, 3.63) is 48.6 Å². The number of carbonyl (C=O) groups excluding carboxylic acids is 1. The van der Waals surface area contributed by atoms with Crippen LogP contribution in [-0.4, -0.2) is 46.1 Å². The minimum atomic E-state index is -0.958. The first-order chi connectivity index (χ1) is 30.5. The molecule has 0 aromatic carbocycles. The smallest absolute Gasteiger partial charge is 0.222 e. The summed E-state index contributed by atoms with van der Waals surface area (Å²) in [7, 11) is 0. The van der Waals surface area contributed by atoms with Crippen molar-refractivity contribution in [2.45, 2.75) is 302 Å². The van der Waals surface area contributed by atoms with Crippen molar-refractivity contribution in [3.8, 4) is 0 Å². The van der Waals surface area contributed by atoms with Crippen molar-refractivity contribution < 1.29 is 20.1 Å². The van der Waals surface area contributed by atoms with Gasteiger partial charge in [0.05, 0.1) is 31.3 Å². The molecule has 0 aliphatic heterocycles. The largest absolute Gasteiger partial charge is 0.394 e. The molecule has 0 bridgehead atoms. The molecule has 0 saturated carbocycles. The highest BCUT2D eigenvalue weighted by Crippen LogP contribution is 2.17. The van der Waals surface area contributed by atoms with E-state index in [1.807, 2.05) is 6.08 Å². The third kappa shape index (κ3) is 47.8. The van der Waals surface area contributed by atoms with Gasteiger partial charge in [-0.15, -0.1) is 0 Å². The van der Waals surface area contributed by atoms with Crippen LogP contribution in [0.4, 0.5) is 0 Å². The summed E-state index contributed by atoms with van der Waals surface area (Å²) in [6, 6.07) is -0.766. The molecule has 0 aliphatic rings. The lowest BCUT2D eigenvalue weighted by Gasteiger charge is -2.21. The molecule has 5 nitrogen and oxygen atoms in total. The first kappa shape index (κ1) is 60.3. The Morgan fingerprint density at radius 1 is 0.419 bits per heavy atom. The summed E-state index contributed by atoms with van der Waals surface area (Å²) in [5, 5.41) is 33.1. The maximum absolute atomic E-state index is 12.4. The monoisotopic (exact) mass is 870 g/mol. The Labute approximate surface area is 387 Å². The molecule has 0 aromatic rings. The number of allylic oxidation sites excluding steroid dienone is 7. The lowest BCUT2D eigenvalue weighted by atomic mass is 10.0. The van der Waals surface area contributed by atoms with Gasteiger partial charge in [0.2, 0.25) is 5.91 Å². The lowest BCUT2D eigenvalue weighted by molar-refractivity contribution is -0.124. The summed E-state index contributed by atoms with van der Waals surface area (Å²) in [6.07, 6.45) is 69.1. The molecule has 3 atom stereocenters. The average Bonchev–Trinajstić information content (AvgIpc) is 3.27. The summed E-state index contributed by atoms with van der Waals surface area (Å²) in [5.74, 6) is -0.330. The third-order valence-electron chi connectivity index (χ3n) is 12.6. The maximum atomic E-state index is 12.4. The SMILES string of the molecule is CC/C=C/CC/C=C/CC/C=C/C(O)C(CO)NC(=O)CC(O)CCCCCCCCCCCCCCCCC/C=C\CCCCCCCCCCCCCCCCCCCC. The van der Waals surface area contributed by atoms with Gasteiger partial charge in [-0.05, 0) is 64.2 Å². The molecule has 3 unspecified atom stereocenters. The fourth-order valence-corrected chi connectivity index (χ4v) is 8.44. The topological polar surface area (TPSA) is 89.8 Å². The first-order valence-electron chi connectivity index (χ1n) is 27.4. The highest BCUT2D eigenvalue weighted by Gasteiger charge is 2.20.